The Bertz CT molecular complexity index is 1340. The van der Waals surface area contributed by atoms with Gasteiger partial charge < -0.3 is 20.4 Å². The van der Waals surface area contributed by atoms with E-state index in [4.69, 9.17) is 4.42 Å². The molecule has 1 aliphatic heterocycles. The largest absolute Gasteiger partial charge is 0.465 e. The molecule has 2 heterocycles. The fraction of sp³-hybridized carbons (Fsp3) is 0.148. The van der Waals surface area contributed by atoms with E-state index in [0.717, 1.165) is 0 Å². The number of carbonyl (C=O) groups excluding carboxylic acids is 2. The summed E-state index contributed by atoms with van der Waals surface area (Å²) in [5.41, 5.74) is 2.64. The van der Waals surface area contributed by atoms with Crippen molar-refractivity contribution in [1.29, 1.82) is 5.26 Å². The van der Waals surface area contributed by atoms with Gasteiger partial charge in [0.1, 0.15) is 11.5 Å². The molecule has 3 N–H and O–H groups in total. The Hall–Kier alpha value is -4.22. The van der Waals surface area contributed by atoms with Gasteiger partial charge in [0, 0.05) is 17.1 Å². The highest BCUT2D eigenvalue weighted by Crippen LogP contribution is 2.41. The lowest BCUT2D eigenvalue weighted by Crippen LogP contribution is -2.31. The fourth-order valence-corrected chi connectivity index (χ4v) is 4.69. The van der Waals surface area contributed by atoms with Crippen molar-refractivity contribution in [2.75, 3.05) is 16.4 Å². The Kier molecular flexibility index (Phi) is 7.38. The maximum Gasteiger partial charge on any atom is 0.254 e. The number of thioether (sulfide) groups is 1. The number of dihydropyridines is 1. The molecular weight excluding hydrogens is 460 g/mol. The van der Waals surface area contributed by atoms with E-state index in [2.05, 4.69) is 22.0 Å². The number of para-hydroxylation sites is 2. The van der Waals surface area contributed by atoms with E-state index < -0.39 is 5.92 Å². The second-order valence-corrected chi connectivity index (χ2v) is 8.91. The van der Waals surface area contributed by atoms with Crippen molar-refractivity contribution in [1.82, 2.24) is 5.32 Å². The molecule has 176 valence electrons. The first kappa shape index (κ1) is 23.9. The van der Waals surface area contributed by atoms with Crippen LogP contribution >= 0.6 is 11.8 Å². The number of furan rings is 1. The fourth-order valence-electron chi connectivity index (χ4n) is 3.80. The van der Waals surface area contributed by atoms with Crippen molar-refractivity contribution in [3.05, 3.63) is 106 Å². The summed E-state index contributed by atoms with van der Waals surface area (Å²) in [6.07, 6.45) is 0. The first-order valence-electron chi connectivity index (χ1n) is 11.0. The molecule has 0 saturated carbocycles. The Morgan fingerprint density at radius 3 is 2.17 bits per heavy atom. The summed E-state index contributed by atoms with van der Waals surface area (Å²) in [5, 5.41) is 19.6. The zero-order valence-electron chi connectivity index (χ0n) is 19.3. The molecule has 2 aromatic carbocycles. The Balaban J connectivity index is 1.61. The lowest BCUT2D eigenvalue weighted by atomic mass is 9.85. The van der Waals surface area contributed by atoms with Gasteiger partial charge in [-0.3, -0.25) is 9.59 Å². The Morgan fingerprint density at radius 1 is 0.971 bits per heavy atom. The van der Waals surface area contributed by atoms with Crippen molar-refractivity contribution >= 4 is 35.0 Å². The molecule has 0 aliphatic carbocycles. The number of aryl methyl sites for hydroxylation is 1. The van der Waals surface area contributed by atoms with Crippen molar-refractivity contribution in [2.45, 2.75) is 19.8 Å². The van der Waals surface area contributed by atoms with Gasteiger partial charge in [0.25, 0.3) is 5.91 Å². The van der Waals surface area contributed by atoms with Crippen LogP contribution in [-0.4, -0.2) is 17.6 Å². The van der Waals surface area contributed by atoms with Crippen LogP contribution in [0.3, 0.4) is 0 Å². The van der Waals surface area contributed by atoms with Gasteiger partial charge in [-0.15, -0.1) is 0 Å². The second kappa shape index (κ2) is 10.8. The van der Waals surface area contributed by atoms with Crippen molar-refractivity contribution in [3.63, 3.8) is 0 Å². The van der Waals surface area contributed by atoms with E-state index >= 15 is 0 Å². The van der Waals surface area contributed by atoms with E-state index in [-0.39, 0.29) is 17.6 Å². The van der Waals surface area contributed by atoms with E-state index in [1.54, 1.807) is 43.3 Å². The van der Waals surface area contributed by atoms with Crippen LogP contribution in [0.15, 0.2) is 99.1 Å². The van der Waals surface area contributed by atoms with Crippen LogP contribution in [0.2, 0.25) is 0 Å². The minimum absolute atomic E-state index is 0.0884. The number of nitriles is 1. The molecule has 3 aromatic rings. The number of nitrogens with one attached hydrogen (secondary N) is 3. The summed E-state index contributed by atoms with van der Waals surface area (Å²) in [7, 11) is 0. The average Bonchev–Trinajstić information content (AvgIpc) is 3.29. The molecule has 0 radical (unpaired) electrons. The van der Waals surface area contributed by atoms with Crippen molar-refractivity contribution in [3.8, 4) is 6.07 Å². The number of carbonyl (C=O) groups is 2. The third-order valence-electron chi connectivity index (χ3n) is 5.37. The topological polar surface area (TPSA) is 107 Å². The van der Waals surface area contributed by atoms with Crippen LogP contribution in [0.1, 0.15) is 24.4 Å². The molecule has 2 amide bonds. The number of allylic oxidation sites excluding steroid dienone is 2. The van der Waals surface area contributed by atoms with E-state index in [0.29, 0.717) is 44.8 Å². The SMILES string of the molecule is CC1=C(C(=O)Nc2ccccc2)C(c2ccc(C)o2)C(C#N)=C(SCC(=O)Nc2ccccc2)N1. The summed E-state index contributed by atoms with van der Waals surface area (Å²) in [6.45, 7) is 3.59. The quantitative estimate of drug-likeness (QED) is 0.420. The monoisotopic (exact) mass is 484 g/mol. The molecule has 35 heavy (non-hydrogen) atoms. The maximum atomic E-state index is 13.4. The number of amides is 2. The van der Waals surface area contributed by atoms with Gasteiger partial charge in [-0.2, -0.15) is 5.26 Å². The first-order chi connectivity index (χ1) is 17.0. The van der Waals surface area contributed by atoms with Crippen LogP contribution in [0.25, 0.3) is 0 Å². The molecule has 0 fully saturated rings. The minimum atomic E-state index is -0.710. The summed E-state index contributed by atoms with van der Waals surface area (Å²) in [5.74, 6) is 0.00726. The molecule has 1 atom stereocenters. The third kappa shape index (κ3) is 5.65. The standard InChI is InChI=1S/C27H24N4O3S/c1-17-13-14-22(34-17)25-21(15-28)27(35-16-23(32)30-19-9-5-3-6-10-19)29-18(2)24(25)26(33)31-20-11-7-4-8-12-20/h3-14,25,29H,16H2,1-2H3,(H,30,32)(H,31,33). The van der Waals surface area contributed by atoms with Gasteiger partial charge in [0.15, 0.2) is 0 Å². The summed E-state index contributed by atoms with van der Waals surface area (Å²) in [4.78, 5) is 25.9. The van der Waals surface area contributed by atoms with Gasteiger partial charge in [-0.25, -0.2) is 0 Å². The minimum Gasteiger partial charge on any atom is -0.465 e. The van der Waals surface area contributed by atoms with Crippen LogP contribution in [0, 0.1) is 18.3 Å². The van der Waals surface area contributed by atoms with Crippen LogP contribution in [0.4, 0.5) is 11.4 Å². The number of anilines is 2. The summed E-state index contributed by atoms with van der Waals surface area (Å²) >= 11 is 1.21. The van der Waals surface area contributed by atoms with Gasteiger partial charge in [0.2, 0.25) is 5.91 Å². The van der Waals surface area contributed by atoms with Gasteiger partial charge in [-0.1, -0.05) is 48.2 Å². The normalized spacial score (nSPS) is 15.3. The molecule has 4 rings (SSSR count). The molecule has 0 spiro atoms. The molecule has 1 aliphatic rings. The third-order valence-corrected chi connectivity index (χ3v) is 6.39. The van der Waals surface area contributed by atoms with Crippen LogP contribution in [-0.2, 0) is 9.59 Å². The van der Waals surface area contributed by atoms with Crippen molar-refractivity contribution < 1.29 is 14.0 Å². The average molecular weight is 485 g/mol. The van der Waals surface area contributed by atoms with E-state index in [1.807, 2.05) is 43.3 Å². The molecular formula is C27H24N4O3S. The molecule has 1 unspecified atom stereocenters. The number of hydrogen-bond donors (Lipinski definition) is 3. The molecule has 8 heteroatoms. The highest BCUT2D eigenvalue weighted by molar-refractivity contribution is 8.03. The number of benzene rings is 2. The number of rotatable bonds is 7. The highest BCUT2D eigenvalue weighted by Gasteiger charge is 2.36. The summed E-state index contributed by atoms with van der Waals surface area (Å²) < 4.78 is 5.87. The second-order valence-electron chi connectivity index (χ2n) is 7.92. The number of hydrogen-bond acceptors (Lipinski definition) is 6. The predicted molar refractivity (Wildman–Crippen MR) is 137 cm³/mol. The van der Waals surface area contributed by atoms with Crippen molar-refractivity contribution in [2.24, 2.45) is 0 Å². The van der Waals surface area contributed by atoms with Crippen LogP contribution in [0.5, 0.6) is 0 Å². The molecule has 0 saturated heterocycles. The van der Waals surface area contributed by atoms with Crippen LogP contribution < -0.4 is 16.0 Å². The zero-order valence-corrected chi connectivity index (χ0v) is 20.1. The zero-order chi connectivity index (χ0) is 24.8. The highest BCUT2D eigenvalue weighted by atomic mass is 32.2. The van der Waals surface area contributed by atoms with E-state index in [1.165, 1.54) is 11.8 Å². The lowest BCUT2D eigenvalue weighted by molar-refractivity contribution is -0.114. The molecule has 1 aromatic heterocycles. The van der Waals surface area contributed by atoms with Gasteiger partial charge in [0.05, 0.1) is 33.9 Å². The first-order valence-corrected chi connectivity index (χ1v) is 12.0. The Morgan fingerprint density at radius 2 is 1.60 bits per heavy atom. The van der Waals surface area contributed by atoms with Gasteiger partial charge >= 0.3 is 0 Å². The van der Waals surface area contributed by atoms with Gasteiger partial charge in [-0.05, 0) is 50.2 Å². The molecule has 7 nitrogen and oxygen atoms in total. The number of nitrogens with zero attached hydrogens (tertiary/aromatic N) is 1. The predicted octanol–water partition coefficient (Wildman–Crippen LogP) is 5.29. The smallest absolute Gasteiger partial charge is 0.254 e. The molecule has 0 bridgehead atoms. The Labute approximate surface area is 207 Å². The lowest BCUT2D eigenvalue weighted by Gasteiger charge is -2.28. The van der Waals surface area contributed by atoms with E-state index in [9.17, 15) is 14.9 Å². The summed E-state index contributed by atoms with van der Waals surface area (Å²) in [6, 6.07) is 24.1. The maximum absolute atomic E-state index is 13.4.